The largest absolute Gasteiger partial charge is 0.543 e. The maximum Gasteiger partial charge on any atom is 0.258 e. The van der Waals surface area contributed by atoms with Crippen LogP contribution in [-0.2, 0) is 6.61 Å². The van der Waals surface area contributed by atoms with E-state index in [1.165, 1.54) is 31.5 Å². The van der Waals surface area contributed by atoms with E-state index < -0.39 is 8.32 Å². The second kappa shape index (κ2) is 16.3. The fraction of sp³-hybridized carbons (Fsp3) is 0.442. The van der Waals surface area contributed by atoms with Crippen molar-refractivity contribution in [2.24, 2.45) is 0 Å². The lowest BCUT2D eigenvalue weighted by Gasteiger charge is -2.42. The summed E-state index contributed by atoms with van der Waals surface area (Å²) in [5.41, 5.74) is 5.02. The number of nitrogens with zero attached hydrogens (tertiary/aromatic N) is 1. The Bertz CT molecular complexity index is 1630. The summed E-state index contributed by atoms with van der Waals surface area (Å²) in [4.78, 5) is 3.60. The molecule has 1 fully saturated rings. The molecule has 0 N–H and O–H groups in total. The zero-order chi connectivity index (χ0) is 35.3. The van der Waals surface area contributed by atoms with E-state index in [0.717, 1.165) is 39.0 Å². The van der Waals surface area contributed by atoms with Gasteiger partial charge in [0.2, 0.25) is 0 Å². The number of hydrogen-bond acceptors (Lipinski definition) is 6. The van der Waals surface area contributed by atoms with Crippen LogP contribution in [-0.4, -0.2) is 39.0 Å². The number of likely N-dealkylation sites (tertiary alicyclic amines) is 1. The van der Waals surface area contributed by atoms with Crippen molar-refractivity contribution in [3.8, 4) is 23.0 Å². The Hall–Kier alpha value is -3.39. The van der Waals surface area contributed by atoms with Crippen molar-refractivity contribution >= 4 is 20.1 Å². The molecule has 0 bridgehead atoms. The Morgan fingerprint density at radius 2 is 1.30 bits per heavy atom. The number of hydrogen-bond donors (Lipinski definition) is 0. The van der Waals surface area contributed by atoms with Gasteiger partial charge in [-0.2, -0.15) is 0 Å². The van der Waals surface area contributed by atoms with Crippen molar-refractivity contribution in [3.05, 3.63) is 114 Å². The molecule has 0 spiro atoms. The highest BCUT2D eigenvalue weighted by Gasteiger charge is 2.47. The molecular formula is C43H55NO4SSi. The Morgan fingerprint density at radius 1 is 0.700 bits per heavy atom. The quantitative estimate of drug-likeness (QED) is 0.121. The first-order valence-electron chi connectivity index (χ1n) is 18.5. The molecular weight excluding hydrogens is 655 g/mol. The molecule has 6 rings (SSSR count). The number of benzene rings is 4. The van der Waals surface area contributed by atoms with Crippen molar-refractivity contribution in [2.45, 2.75) is 107 Å². The third kappa shape index (κ3) is 8.22. The van der Waals surface area contributed by atoms with E-state index in [1.807, 2.05) is 42.1 Å². The van der Waals surface area contributed by atoms with Crippen LogP contribution in [0, 0.1) is 0 Å². The number of ether oxygens (including phenoxy) is 3. The highest BCUT2D eigenvalue weighted by atomic mass is 32.2. The average molecular weight is 710 g/mol. The van der Waals surface area contributed by atoms with Gasteiger partial charge in [0, 0.05) is 6.04 Å². The van der Waals surface area contributed by atoms with E-state index in [0.29, 0.717) is 35.9 Å². The molecule has 4 aromatic carbocycles. The molecule has 7 heteroatoms. The van der Waals surface area contributed by atoms with E-state index in [4.69, 9.17) is 18.6 Å². The SMILES string of the molecule is CC(C)[Si](Oc1ccc(C2Sc3cc(OCc4ccccc4)ccc3OC2c2ccc(OC[C@H](C)N3CCCC3)cc2)cc1)(C(C)C)C(C)C. The minimum atomic E-state index is -2.06. The molecule has 0 aromatic heterocycles. The first kappa shape index (κ1) is 36.4. The first-order valence-corrected chi connectivity index (χ1v) is 21.6. The molecule has 50 heavy (non-hydrogen) atoms. The van der Waals surface area contributed by atoms with Crippen LogP contribution in [0.3, 0.4) is 0 Å². The minimum Gasteiger partial charge on any atom is -0.543 e. The Labute approximate surface area is 305 Å². The highest BCUT2D eigenvalue weighted by molar-refractivity contribution is 7.99. The fourth-order valence-corrected chi connectivity index (χ4v) is 14.5. The van der Waals surface area contributed by atoms with Crippen LogP contribution in [0.1, 0.15) is 89.4 Å². The monoisotopic (exact) mass is 709 g/mol. The van der Waals surface area contributed by atoms with Gasteiger partial charge in [-0.05, 0) is 109 Å². The van der Waals surface area contributed by atoms with Gasteiger partial charge in [-0.15, -0.1) is 11.8 Å². The topological polar surface area (TPSA) is 40.2 Å². The van der Waals surface area contributed by atoms with Gasteiger partial charge in [0.1, 0.15) is 42.3 Å². The van der Waals surface area contributed by atoms with Gasteiger partial charge in [-0.1, -0.05) is 96.1 Å². The standard InChI is InChI=1S/C43H55NO4SSi/c1-30(2)50(31(3)4,32(5)6)48-38-21-17-36(18-22-38)43-42(35-15-19-37(20-16-35)45-28-33(7)44-25-11-12-26-44)47-40-24-23-39(27-41(40)49-43)46-29-34-13-9-8-10-14-34/h8-10,13-24,27,30-33,42-43H,11-12,25-26,28-29H2,1-7H3/t33-,42?,43?/m0/s1. The van der Waals surface area contributed by atoms with Gasteiger partial charge in [0.25, 0.3) is 8.32 Å². The lowest BCUT2D eigenvalue weighted by molar-refractivity contribution is 0.172. The number of thioether (sulfide) groups is 1. The number of rotatable bonds is 14. The van der Waals surface area contributed by atoms with Crippen LogP contribution in [0.25, 0.3) is 0 Å². The summed E-state index contributed by atoms with van der Waals surface area (Å²) in [6.45, 7) is 19.8. The fourth-order valence-electron chi connectivity index (χ4n) is 7.93. The zero-order valence-corrected chi connectivity index (χ0v) is 32.7. The third-order valence-electron chi connectivity index (χ3n) is 10.6. The second-order valence-electron chi connectivity index (χ2n) is 14.9. The summed E-state index contributed by atoms with van der Waals surface area (Å²) in [5, 5.41) is 0.0326. The summed E-state index contributed by atoms with van der Waals surface area (Å²) in [5.74, 6) is 3.59. The summed E-state index contributed by atoms with van der Waals surface area (Å²) in [7, 11) is -2.06. The molecule has 0 saturated carbocycles. The predicted octanol–water partition coefficient (Wildman–Crippen LogP) is 11.7. The van der Waals surface area contributed by atoms with E-state index in [-0.39, 0.29) is 11.4 Å². The lowest BCUT2D eigenvalue weighted by Crippen LogP contribution is -2.50. The number of fused-ring (bicyclic) bond motifs is 1. The molecule has 2 unspecified atom stereocenters. The smallest absolute Gasteiger partial charge is 0.258 e. The van der Waals surface area contributed by atoms with E-state index in [9.17, 15) is 0 Å². The van der Waals surface area contributed by atoms with E-state index in [2.05, 4.69) is 120 Å². The minimum absolute atomic E-state index is 0.0326. The molecule has 0 amide bonds. The molecule has 1 saturated heterocycles. The summed E-state index contributed by atoms with van der Waals surface area (Å²) in [6.07, 6.45) is 2.40. The van der Waals surface area contributed by atoms with Crippen molar-refractivity contribution in [1.29, 1.82) is 0 Å². The predicted molar refractivity (Wildman–Crippen MR) is 210 cm³/mol. The average Bonchev–Trinajstić information content (AvgIpc) is 3.67. The third-order valence-corrected chi connectivity index (χ3v) is 18.0. The molecule has 266 valence electrons. The Morgan fingerprint density at radius 3 is 1.94 bits per heavy atom. The van der Waals surface area contributed by atoms with Crippen LogP contribution in [0.4, 0.5) is 0 Å². The van der Waals surface area contributed by atoms with Gasteiger partial charge in [-0.3, -0.25) is 4.90 Å². The molecule has 2 heterocycles. The Kier molecular flexibility index (Phi) is 11.9. The van der Waals surface area contributed by atoms with Crippen molar-refractivity contribution < 1.29 is 18.6 Å². The van der Waals surface area contributed by atoms with Gasteiger partial charge < -0.3 is 18.6 Å². The molecule has 5 nitrogen and oxygen atoms in total. The zero-order valence-electron chi connectivity index (χ0n) is 30.9. The van der Waals surface area contributed by atoms with Gasteiger partial charge in [-0.25, -0.2) is 0 Å². The summed E-state index contributed by atoms with van der Waals surface area (Å²) >= 11 is 1.84. The highest BCUT2D eigenvalue weighted by Crippen LogP contribution is 2.54. The maximum absolute atomic E-state index is 7.03. The normalized spacial score (nSPS) is 18.6. The van der Waals surface area contributed by atoms with Crippen molar-refractivity contribution in [1.82, 2.24) is 4.90 Å². The summed E-state index contributed by atoms with van der Waals surface area (Å²) < 4.78 is 26.4. The van der Waals surface area contributed by atoms with Crippen LogP contribution in [0.2, 0.25) is 16.6 Å². The molecule has 4 aromatic rings. The van der Waals surface area contributed by atoms with Crippen LogP contribution in [0.15, 0.2) is 102 Å². The summed E-state index contributed by atoms with van der Waals surface area (Å²) in [6, 6.07) is 34.2. The molecule has 2 aliphatic heterocycles. The van der Waals surface area contributed by atoms with Crippen molar-refractivity contribution in [2.75, 3.05) is 19.7 Å². The lowest BCUT2D eigenvalue weighted by atomic mass is 10.00. The van der Waals surface area contributed by atoms with E-state index in [1.54, 1.807) is 0 Å². The second-order valence-corrected chi connectivity index (χ2v) is 21.5. The van der Waals surface area contributed by atoms with E-state index >= 15 is 0 Å². The van der Waals surface area contributed by atoms with Gasteiger partial charge in [0.15, 0.2) is 0 Å². The first-order chi connectivity index (χ1) is 24.1. The van der Waals surface area contributed by atoms with Crippen LogP contribution in [0.5, 0.6) is 23.0 Å². The van der Waals surface area contributed by atoms with Gasteiger partial charge in [0.05, 0.1) is 10.1 Å². The van der Waals surface area contributed by atoms with Crippen LogP contribution >= 0.6 is 11.8 Å². The maximum atomic E-state index is 7.03. The Balaban J connectivity index is 1.24. The van der Waals surface area contributed by atoms with Gasteiger partial charge >= 0.3 is 0 Å². The van der Waals surface area contributed by atoms with Crippen LogP contribution < -0.4 is 18.6 Å². The molecule has 0 aliphatic carbocycles. The van der Waals surface area contributed by atoms with Crippen molar-refractivity contribution in [3.63, 3.8) is 0 Å². The molecule has 0 radical (unpaired) electrons. The molecule has 3 atom stereocenters. The molecule has 2 aliphatic rings.